The van der Waals surface area contributed by atoms with Gasteiger partial charge < -0.3 is 10.2 Å². The molecule has 2 aromatic rings. The van der Waals surface area contributed by atoms with Crippen LogP contribution in [0.3, 0.4) is 0 Å². The molecule has 1 N–H and O–H groups in total. The quantitative estimate of drug-likeness (QED) is 0.912. The number of fused-ring (bicyclic) bond motifs is 1. The van der Waals surface area contributed by atoms with E-state index in [0.29, 0.717) is 6.04 Å². The number of nitrogens with one attached hydrogen (secondary N) is 1. The highest BCUT2D eigenvalue weighted by atomic mass is 35.5. The largest absolute Gasteiger partial charge is 0.337 e. The number of likely N-dealkylation sites (tertiary alicyclic amines) is 1. The molecule has 1 aromatic carbocycles. The smallest absolute Gasteiger partial charge is 0.254 e. The van der Waals surface area contributed by atoms with E-state index in [1.165, 1.54) is 0 Å². The Morgan fingerprint density at radius 1 is 1.29 bits per heavy atom. The van der Waals surface area contributed by atoms with Gasteiger partial charge in [-0.25, -0.2) is 0 Å². The summed E-state index contributed by atoms with van der Waals surface area (Å²) in [5.41, 5.74) is 3.64. The third kappa shape index (κ3) is 3.04. The van der Waals surface area contributed by atoms with Gasteiger partial charge >= 0.3 is 0 Å². The van der Waals surface area contributed by atoms with E-state index in [0.717, 1.165) is 54.4 Å². The van der Waals surface area contributed by atoms with Crippen LogP contribution in [0.25, 0.3) is 11.3 Å². The molecule has 1 aromatic heterocycles. The van der Waals surface area contributed by atoms with Crippen molar-refractivity contribution in [3.8, 4) is 11.3 Å². The normalized spacial score (nSPS) is 22.1. The van der Waals surface area contributed by atoms with Gasteiger partial charge in [-0.05, 0) is 44.0 Å². The molecule has 1 amide bonds. The van der Waals surface area contributed by atoms with E-state index in [9.17, 15) is 4.79 Å². The van der Waals surface area contributed by atoms with E-state index in [1.54, 1.807) is 6.20 Å². The standard InChI is InChI=1S/C19H21N3O.ClH/c1-13-5-6-15(17-4-2-3-8-20-17)16(10-13)19(23)22-9-7-14-11-21-18(14)12-22;/h2-6,8,10,14,18,21H,7,9,11-12H2,1H3;1H. The van der Waals surface area contributed by atoms with Crippen molar-refractivity contribution >= 4 is 18.3 Å². The number of aryl methyl sites for hydroxylation is 1. The highest BCUT2D eigenvalue weighted by Crippen LogP contribution is 2.28. The van der Waals surface area contributed by atoms with Crippen LogP contribution in [0.2, 0.25) is 0 Å². The van der Waals surface area contributed by atoms with E-state index in [4.69, 9.17) is 0 Å². The second-order valence-electron chi connectivity index (χ2n) is 6.58. The molecule has 2 atom stereocenters. The lowest BCUT2D eigenvalue weighted by Gasteiger charge is -2.46. The Kier molecular flexibility index (Phi) is 4.88. The monoisotopic (exact) mass is 343 g/mol. The lowest BCUT2D eigenvalue weighted by atomic mass is 9.84. The van der Waals surface area contributed by atoms with Crippen molar-refractivity contribution < 1.29 is 4.79 Å². The number of piperidine rings is 1. The zero-order valence-electron chi connectivity index (χ0n) is 13.7. The summed E-state index contributed by atoms with van der Waals surface area (Å²) in [6, 6.07) is 12.3. The Balaban J connectivity index is 0.00000169. The van der Waals surface area contributed by atoms with E-state index >= 15 is 0 Å². The highest BCUT2D eigenvalue weighted by molar-refractivity contribution is 6.00. The number of hydrogen-bond acceptors (Lipinski definition) is 3. The molecule has 2 unspecified atom stereocenters. The average molecular weight is 344 g/mol. The van der Waals surface area contributed by atoms with Crippen LogP contribution in [0.15, 0.2) is 42.6 Å². The second-order valence-corrected chi connectivity index (χ2v) is 6.58. The Hall–Kier alpha value is -1.91. The van der Waals surface area contributed by atoms with Crippen LogP contribution in [-0.2, 0) is 0 Å². The molecule has 4 rings (SSSR count). The number of aromatic nitrogens is 1. The fourth-order valence-corrected chi connectivity index (χ4v) is 3.55. The summed E-state index contributed by atoms with van der Waals surface area (Å²) >= 11 is 0. The number of benzene rings is 1. The van der Waals surface area contributed by atoms with Gasteiger partial charge in [0.15, 0.2) is 0 Å². The highest BCUT2D eigenvalue weighted by Gasteiger charge is 2.37. The van der Waals surface area contributed by atoms with Gasteiger partial charge in [-0.2, -0.15) is 0 Å². The maximum absolute atomic E-state index is 13.1. The van der Waals surface area contributed by atoms with Crippen LogP contribution >= 0.6 is 12.4 Å². The number of pyridine rings is 1. The summed E-state index contributed by atoms with van der Waals surface area (Å²) in [5.74, 6) is 0.883. The van der Waals surface area contributed by atoms with Crippen LogP contribution in [-0.4, -0.2) is 41.5 Å². The number of nitrogens with zero attached hydrogens (tertiary/aromatic N) is 2. The minimum absolute atomic E-state index is 0. The average Bonchev–Trinajstić information content (AvgIpc) is 2.56. The van der Waals surface area contributed by atoms with Crippen molar-refractivity contribution in [3.63, 3.8) is 0 Å². The fraction of sp³-hybridized carbons (Fsp3) is 0.368. The van der Waals surface area contributed by atoms with Gasteiger partial charge in [0.1, 0.15) is 0 Å². The molecule has 0 aliphatic carbocycles. The Morgan fingerprint density at radius 2 is 2.17 bits per heavy atom. The van der Waals surface area contributed by atoms with Crippen molar-refractivity contribution in [2.24, 2.45) is 5.92 Å². The minimum atomic E-state index is 0. The zero-order chi connectivity index (χ0) is 15.8. The van der Waals surface area contributed by atoms with Crippen LogP contribution < -0.4 is 5.32 Å². The first-order chi connectivity index (χ1) is 11.2. The van der Waals surface area contributed by atoms with Gasteiger partial charge in [-0.3, -0.25) is 9.78 Å². The predicted molar refractivity (Wildman–Crippen MR) is 97.5 cm³/mol. The van der Waals surface area contributed by atoms with Gasteiger partial charge in [0.25, 0.3) is 5.91 Å². The molecular formula is C19H22ClN3O. The zero-order valence-corrected chi connectivity index (χ0v) is 14.6. The minimum Gasteiger partial charge on any atom is -0.337 e. The Labute approximate surface area is 148 Å². The van der Waals surface area contributed by atoms with Gasteiger partial charge in [0, 0.05) is 36.5 Å². The van der Waals surface area contributed by atoms with E-state index in [1.807, 2.05) is 48.2 Å². The molecule has 2 saturated heterocycles. The molecule has 2 aliphatic rings. The van der Waals surface area contributed by atoms with E-state index in [-0.39, 0.29) is 18.3 Å². The van der Waals surface area contributed by atoms with Gasteiger partial charge in [0.05, 0.1) is 5.69 Å². The number of amides is 1. The number of halogens is 1. The molecule has 0 saturated carbocycles. The first-order valence-corrected chi connectivity index (χ1v) is 8.27. The lowest BCUT2D eigenvalue weighted by Crippen LogP contribution is -2.62. The van der Waals surface area contributed by atoms with Crippen LogP contribution in [0.4, 0.5) is 0 Å². The van der Waals surface area contributed by atoms with E-state index in [2.05, 4.69) is 10.3 Å². The third-order valence-corrected chi connectivity index (χ3v) is 5.03. The van der Waals surface area contributed by atoms with E-state index < -0.39 is 0 Å². The first-order valence-electron chi connectivity index (χ1n) is 8.27. The molecule has 126 valence electrons. The molecule has 4 nitrogen and oxygen atoms in total. The number of rotatable bonds is 2. The van der Waals surface area contributed by atoms with Crippen LogP contribution in [0.5, 0.6) is 0 Å². The molecule has 5 heteroatoms. The van der Waals surface area contributed by atoms with Crippen molar-refractivity contribution in [1.82, 2.24) is 15.2 Å². The van der Waals surface area contributed by atoms with Gasteiger partial charge in [-0.15, -0.1) is 12.4 Å². The summed E-state index contributed by atoms with van der Waals surface area (Å²) in [7, 11) is 0. The molecule has 24 heavy (non-hydrogen) atoms. The summed E-state index contributed by atoms with van der Waals surface area (Å²) in [5, 5.41) is 3.44. The van der Waals surface area contributed by atoms with Gasteiger partial charge in [-0.1, -0.05) is 23.8 Å². The van der Waals surface area contributed by atoms with Crippen molar-refractivity contribution in [2.45, 2.75) is 19.4 Å². The summed E-state index contributed by atoms with van der Waals surface area (Å²) in [4.78, 5) is 19.5. The van der Waals surface area contributed by atoms with Crippen molar-refractivity contribution in [2.75, 3.05) is 19.6 Å². The molecule has 3 heterocycles. The molecule has 0 spiro atoms. The summed E-state index contributed by atoms with van der Waals surface area (Å²) < 4.78 is 0. The molecule has 0 bridgehead atoms. The number of carbonyl (C=O) groups excluding carboxylic acids is 1. The SMILES string of the molecule is Cc1ccc(-c2ccccn2)c(C(=O)N2CCC3CNC3C2)c1.Cl. The fourth-order valence-electron chi connectivity index (χ4n) is 3.55. The predicted octanol–water partition coefficient (Wildman–Crippen LogP) is 2.91. The molecule has 0 radical (unpaired) electrons. The second kappa shape index (κ2) is 6.91. The molecule has 2 aliphatic heterocycles. The summed E-state index contributed by atoms with van der Waals surface area (Å²) in [6.07, 6.45) is 2.88. The lowest BCUT2D eigenvalue weighted by molar-refractivity contribution is 0.0519. The molecular weight excluding hydrogens is 322 g/mol. The summed E-state index contributed by atoms with van der Waals surface area (Å²) in [6.45, 7) is 4.81. The van der Waals surface area contributed by atoms with Crippen LogP contribution in [0, 0.1) is 12.8 Å². The number of carbonyl (C=O) groups is 1. The maximum atomic E-state index is 13.1. The first kappa shape index (κ1) is 16.9. The topological polar surface area (TPSA) is 45.2 Å². The van der Waals surface area contributed by atoms with Crippen LogP contribution in [0.1, 0.15) is 22.3 Å². The number of hydrogen-bond donors (Lipinski definition) is 1. The maximum Gasteiger partial charge on any atom is 0.254 e. The molecule has 2 fully saturated rings. The van der Waals surface area contributed by atoms with Crippen molar-refractivity contribution in [3.05, 3.63) is 53.7 Å². The van der Waals surface area contributed by atoms with Gasteiger partial charge in [0.2, 0.25) is 0 Å². The Morgan fingerprint density at radius 3 is 2.83 bits per heavy atom. The van der Waals surface area contributed by atoms with Crippen molar-refractivity contribution in [1.29, 1.82) is 0 Å². The Bertz CT molecular complexity index is 735. The third-order valence-electron chi connectivity index (χ3n) is 5.03.